The van der Waals surface area contributed by atoms with E-state index < -0.39 is 5.97 Å². The zero-order valence-corrected chi connectivity index (χ0v) is 12.7. The quantitative estimate of drug-likeness (QED) is 0.866. The molecule has 0 aromatic carbocycles. The number of piperidine rings is 1. The standard InChI is InChI=1S/C16H26N2O3/c19-15(20)11-18(9-12-5-6-12)16(21)17-8-7-13-3-1-2-4-14(13)10-17/h12-14H,1-11H2,(H,19,20). The van der Waals surface area contributed by atoms with Crippen LogP contribution in [0, 0.1) is 17.8 Å². The topological polar surface area (TPSA) is 60.9 Å². The first kappa shape index (κ1) is 14.7. The Balaban J connectivity index is 1.60. The summed E-state index contributed by atoms with van der Waals surface area (Å²) in [5.74, 6) is 1.06. The number of amides is 2. The van der Waals surface area contributed by atoms with Crippen molar-refractivity contribution in [2.45, 2.75) is 44.9 Å². The van der Waals surface area contributed by atoms with Crippen LogP contribution in [0.4, 0.5) is 4.79 Å². The Labute approximate surface area is 126 Å². The van der Waals surface area contributed by atoms with E-state index >= 15 is 0 Å². The van der Waals surface area contributed by atoms with Crippen LogP contribution in [0.3, 0.4) is 0 Å². The molecule has 0 aromatic heterocycles. The van der Waals surface area contributed by atoms with E-state index in [0.717, 1.165) is 38.3 Å². The predicted molar refractivity (Wildman–Crippen MR) is 79.0 cm³/mol. The second kappa shape index (κ2) is 6.24. The fraction of sp³-hybridized carbons (Fsp3) is 0.875. The lowest BCUT2D eigenvalue weighted by atomic mass is 9.75. The lowest BCUT2D eigenvalue weighted by molar-refractivity contribution is -0.137. The van der Waals surface area contributed by atoms with Gasteiger partial charge in [0.2, 0.25) is 0 Å². The average Bonchev–Trinajstić information content (AvgIpc) is 3.29. The van der Waals surface area contributed by atoms with Crippen molar-refractivity contribution >= 4 is 12.0 Å². The van der Waals surface area contributed by atoms with E-state index in [1.807, 2.05) is 4.90 Å². The van der Waals surface area contributed by atoms with Gasteiger partial charge >= 0.3 is 12.0 Å². The van der Waals surface area contributed by atoms with Gasteiger partial charge in [-0.2, -0.15) is 0 Å². The molecule has 1 heterocycles. The third kappa shape index (κ3) is 3.69. The lowest BCUT2D eigenvalue weighted by Gasteiger charge is -2.42. The number of carbonyl (C=O) groups excluding carboxylic acids is 1. The van der Waals surface area contributed by atoms with E-state index in [0.29, 0.717) is 18.4 Å². The molecule has 2 amide bonds. The minimum Gasteiger partial charge on any atom is -0.480 e. The molecular weight excluding hydrogens is 268 g/mol. The first-order valence-corrected chi connectivity index (χ1v) is 8.39. The maximum Gasteiger partial charge on any atom is 0.323 e. The summed E-state index contributed by atoms with van der Waals surface area (Å²) in [6.07, 6.45) is 8.53. The number of carbonyl (C=O) groups is 2. The second-order valence-electron chi connectivity index (χ2n) is 7.04. The summed E-state index contributed by atoms with van der Waals surface area (Å²) in [4.78, 5) is 27.1. The number of carboxylic acid groups (broad SMARTS) is 1. The van der Waals surface area contributed by atoms with Gasteiger partial charge < -0.3 is 14.9 Å². The number of hydrogen-bond acceptors (Lipinski definition) is 2. The molecule has 0 bridgehead atoms. The monoisotopic (exact) mass is 294 g/mol. The Morgan fingerprint density at radius 1 is 1.05 bits per heavy atom. The van der Waals surface area contributed by atoms with Crippen molar-refractivity contribution in [3.8, 4) is 0 Å². The zero-order chi connectivity index (χ0) is 14.8. The molecule has 1 N–H and O–H groups in total. The van der Waals surface area contributed by atoms with E-state index in [1.165, 1.54) is 25.7 Å². The number of hydrogen-bond donors (Lipinski definition) is 1. The molecule has 0 spiro atoms. The van der Waals surface area contributed by atoms with Crippen LogP contribution in [0.5, 0.6) is 0 Å². The van der Waals surface area contributed by atoms with Crippen LogP contribution in [0.15, 0.2) is 0 Å². The highest BCUT2D eigenvalue weighted by Gasteiger charge is 2.36. The van der Waals surface area contributed by atoms with Crippen molar-refractivity contribution < 1.29 is 14.7 Å². The van der Waals surface area contributed by atoms with Gasteiger partial charge in [-0.15, -0.1) is 0 Å². The molecule has 3 rings (SSSR count). The van der Waals surface area contributed by atoms with Crippen molar-refractivity contribution in [2.24, 2.45) is 17.8 Å². The molecule has 2 unspecified atom stereocenters. The number of fused-ring (bicyclic) bond motifs is 1. The summed E-state index contributed by atoms with van der Waals surface area (Å²) in [6.45, 7) is 2.11. The molecule has 1 aliphatic heterocycles. The van der Waals surface area contributed by atoms with Crippen LogP contribution in [0.25, 0.3) is 0 Å². The Bertz CT molecular complexity index is 408. The van der Waals surface area contributed by atoms with Crippen LogP contribution >= 0.6 is 0 Å². The number of nitrogens with zero attached hydrogens (tertiary/aromatic N) is 2. The molecule has 0 radical (unpaired) electrons. The Hall–Kier alpha value is -1.26. The minimum atomic E-state index is -0.906. The van der Waals surface area contributed by atoms with Crippen molar-refractivity contribution in [3.63, 3.8) is 0 Å². The van der Waals surface area contributed by atoms with Crippen LogP contribution in [-0.4, -0.2) is 53.1 Å². The van der Waals surface area contributed by atoms with Crippen molar-refractivity contribution in [3.05, 3.63) is 0 Å². The third-order valence-electron chi connectivity index (χ3n) is 5.33. The Kier molecular flexibility index (Phi) is 4.36. The summed E-state index contributed by atoms with van der Waals surface area (Å²) in [7, 11) is 0. The fourth-order valence-corrected chi connectivity index (χ4v) is 3.96. The van der Waals surface area contributed by atoms with E-state index in [4.69, 9.17) is 5.11 Å². The maximum absolute atomic E-state index is 12.7. The molecule has 3 fully saturated rings. The van der Waals surface area contributed by atoms with Crippen molar-refractivity contribution in [1.82, 2.24) is 9.80 Å². The van der Waals surface area contributed by atoms with Gasteiger partial charge in [-0.25, -0.2) is 4.79 Å². The molecule has 5 nitrogen and oxygen atoms in total. The molecule has 5 heteroatoms. The molecule has 2 aliphatic carbocycles. The van der Waals surface area contributed by atoms with E-state index in [1.54, 1.807) is 4.90 Å². The first-order chi connectivity index (χ1) is 10.1. The largest absolute Gasteiger partial charge is 0.480 e. The van der Waals surface area contributed by atoms with Crippen molar-refractivity contribution in [1.29, 1.82) is 0 Å². The summed E-state index contributed by atoms with van der Waals surface area (Å²) in [5, 5.41) is 9.04. The molecule has 3 aliphatic rings. The number of rotatable bonds is 4. The van der Waals surface area contributed by atoms with Gasteiger partial charge in [-0.1, -0.05) is 19.3 Å². The van der Waals surface area contributed by atoms with Gasteiger partial charge in [0.05, 0.1) is 0 Å². The molecule has 1 saturated heterocycles. The summed E-state index contributed by atoms with van der Waals surface area (Å²) in [6, 6.07) is -0.0478. The SMILES string of the molecule is O=C(O)CN(CC1CC1)C(=O)N1CCC2CCCCC2C1. The molecule has 0 aromatic rings. The van der Waals surface area contributed by atoms with Gasteiger partial charge in [-0.3, -0.25) is 4.79 Å². The predicted octanol–water partition coefficient (Wildman–Crippen LogP) is 2.42. The van der Waals surface area contributed by atoms with Gasteiger partial charge in [0.1, 0.15) is 6.54 Å². The first-order valence-electron chi connectivity index (χ1n) is 8.39. The highest BCUT2D eigenvalue weighted by Crippen LogP contribution is 2.36. The molecule has 21 heavy (non-hydrogen) atoms. The number of urea groups is 1. The van der Waals surface area contributed by atoms with Crippen LogP contribution < -0.4 is 0 Å². The summed E-state index contributed by atoms with van der Waals surface area (Å²) >= 11 is 0. The van der Waals surface area contributed by atoms with Crippen molar-refractivity contribution in [2.75, 3.05) is 26.2 Å². The van der Waals surface area contributed by atoms with E-state index in [-0.39, 0.29) is 12.6 Å². The molecule has 2 saturated carbocycles. The van der Waals surface area contributed by atoms with Crippen LogP contribution in [0.1, 0.15) is 44.9 Å². The highest BCUT2D eigenvalue weighted by atomic mass is 16.4. The third-order valence-corrected chi connectivity index (χ3v) is 5.33. The fourth-order valence-electron chi connectivity index (χ4n) is 3.96. The van der Waals surface area contributed by atoms with Gasteiger partial charge in [-0.05, 0) is 43.4 Å². The number of aliphatic carboxylic acids is 1. The van der Waals surface area contributed by atoms with Gasteiger partial charge in [0.25, 0.3) is 0 Å². The Morgan fingerprint density at radius 2 is 1.76 bits per heavy atom. The summed E-state index contributed by atoms with van der Waals surface area (Å²) in [5.41, 5.74) is 0. The molecular formula is C16H26N2O3. The molecule has 118 valence electrons. The number of likely N-dealkylation sites (tertiary alicyclic amines) is 1. The highest BCUT2D eigenvalue weighted by molar-refractivity contribution is 5.80. The normalized spacial score (nSPS) is 28.9. The minimum absolute atomic E-state index is 0.0478. The Morgan fingerprint density at radius 3 is 2.43 bits per heavy atom. The van der Waals surface area contributed by atoms with Gasteiger partial charge in [0.15, 0.2) is 0 Å². The van der Waals surface area contributed by atoms with Gasteiger partial charge in [0, 0.05) is 19.6 Å². The second-order valence-corrected chi connectivity index (χ2v) is 7.04. The number of carboxylic acids is 1. The molecule has 2 atom stereocenters. The zero-order valence-electron chi connectivity index (χ0n) is 12.7. The van der Waals surface area contributed by atoms with E-state index in [9.17, 15) is 9.59 Å². The van der Waals surface area contributed by atoms with Crippen LogP contribution in [-0.2, 0) is 4.79 Å². The lowest BCUT2D eigenvalue weighted by Crippen LogP contribution is -2.51. The maximum atomic E-state index is 12.7. The summed E-state index contributed by atoms with van der Waals surface area (Å²) < 4.78 is 0. The van der Waals surface area contributed by atoms with Crippen LogP contribution in [0.2, 0.25) is 0 Å². The van der Waals surface area contributed by atoms with E-state index in [2.05, 4.69) is 0 Å². The smallest absolute Gasteiger partial charge is 0.323 e. The average molecular weight is 294 g/mol.